The van der Waals surface area contributed by atoms with Crippen molar-refractivity contribution in [3.8, 4) is 5.75 Å². The van der Waals surface area contributed by atoms with Gasteiger partial charge in [0.2, 0.25) is 11.8 Å². The standard InChI is InChI=1S/C22H26N4O4/c23-22(29)25-18-8-6-17(7-9-18)24-21(28)16-10-13-26(14-11-16)20(27)12-15-30-19-4-2-1-3-5-19/h1-9,16H,10-15H2,(H,24,28)(H3,23,25,29). The normalized spacial score (nSPS) is 14.1. The zero-order valence-corrected chi connectivity index (χ0v) is 16.7. The largest absolute Gasteiger partial charge is 0.493 e. The van der Waals surface area contributed by atoms with E-state index in [1.807, 2.05) is 30.3 Å². The summed E-state index contributed by atoms with van der Waals surface area (Å²) >= 11 is 0. The number of rotatable bonds is 7. The molecular formula is C22H26N4O4. The number of hydrogen-bond donors (Lipinski definition) is 3. The number of hydrogen-bond acceptors (Lipinski definition) is 4. The second kappa shape index (κ2) is 10.3. The molecular weight excluding hydrogens is 384 g/mol. The van der Waals surface area contributed by atoms with Gasteiger partial charge in [0.1, 0.15) is 5.75 Å². The molecule has 1 heterocycles. The van der Waals surface area contributed by atoms with Crippen LogP contribution in [0, 0.1) is 5.92 Å². The lowest BCUT2D eigenvalue weighted by Gasteiger charge is -2.31. The van der Waals surface area contributed by atoms with Crippen molar-refractivity contribution in [2.75, 3.05) is 30.3 Å². The number of carbonyl (C=O) groups is 3. The SMILES string of the molecule is NC(=O)Nc1ccc(NC(=O)C2CCN(C(=O)CCOc3ccccc3)CC2)cc1. The Kier molecular flexibility index (Phi) is 7.26. The van der Waals surface area contributed by atoms with Gasteiger partial charge in [-0.15, -0.1) is 0 Å². The number of nitrogens with zero attached hydrogens (tertiary/aromatic N) is 1. The molecule has 0 unspecified atom stereocenters. The molecule has 0 radical (unpaired) electrons. The molecule has 3 rings (SSSR count). The van der Waals surface area contributed by atoms with E-state index in [1.54, 1.807) is 29.2 Å². The van der Waals surface area contributed by atoms with E-state index in [9.17, 15) is 14.4 Å². The Balaban J connectivity index is 1.39. The fraction of sp³-hybridized carbons (Fsp3) is 0.318. The van der Waals surface area contributed by atoms with Gasteiger partial charge in [-0.3, -0.25) is 9.59 Å². The lowest BCUT2D eigenvalue weighted by atomic mass is 9.95. The van der Waals surface area contributed by atoms with E-state index in [4.69, 9.17) is 10.5 Å². The Labute approximate surface area is 175 Å². The summed E-state index contributed by atoms with van der Waals surface area (Å²) in [4.78, 5) is 37.5. The summed E-state index contributed by atoms with van der Waals surface area (Å²) in [5, 5.41) is 5.35. The number of amides is 4. The molecule has 4 N–H and O–H groups in total. The van der Waals surface area contributed by atoms with Gasteiger partial charge in [-0.1, -0.05) is 18.2 Å². The molecule has 0 aliphatic carbocycles. The monoisotopic (exact) mass is 410 g/mol. The van der Waals surface area contributed by atoms with Crippen LogP contribution in [-0.4, -0.2) is 42.4 Å². The first kappa shape index (κ1) is 21.2. The number of likely N-dealkylation sites (tertiary alicyclic amines) is 1. The number of carbonyl (C=O) groups excluding carboxylic acids is 3. The quantitative estimate of drug-likeness (QED) is 0.651. The molecule has 0 atom stereocenters. The van der Waals surface area contributed by atoms with Gasteiger partial charge in [0.05, 0.1) is 13.0 Å². The lowest BCUT2D eigenvalue weighted by molar-refractivity contribution is -0.135. The van der Waals surface area contributed by atoms with Crippen LogP contribution in [0.4, 0.5) is 16.2 Å². The smallest absolute Gasteiger partial charge is 0.316 e. The summed E-state index contributed by atoms with van der Waals surface area (Å²) in [6.45, 7) is 1.46. The van der Waals surface area contributed by atoms with Crippen LogP contribution in [0.2, 0.25) is 0 Å². The highest BCUT2D eigenvalue weighted by molar-refractivity contribution is 5.93. The summed E-state index contributed by atoms with van der Waals surface area (Å²) < 4.78 is 5.58. The maximum absolute atomic E-state index is 12.5. The fourth-order valence-corrected chi connectivity index (χ4v) is 3.35. The van der Waals surface area contributed by atoms with Gasteiger partial charge in [-0.25, -0.2) is 4.79 Å². The number of nitrogens with one attached hydrogen (secondary N) is 2. The molecule has 4 amide bonds. The number of nitrogens with two attached hydrogens (primary N) is 1. The predicted octanol–water partition coefficient (Wildman–Crippen LogP) is 2.82. The molecule has 1 aliphatic heterocycles. The Hall–Kier alpha value is -3.55. The molecule has 0 aromatic heterocycles. The minimum absolute atomic E-state index is 0.0438. The van der Waals surface area contributed by atoms with E-state index >= 15 is 0 Å². The van der Waals surface area contributed by atoms with E-state index in [-0.39, 0.29) is 17.7 Å². The van der Waals surface area contributed by atoms with Gasteiger partial charge >= 0.3 is 6.03 Å². The van der Waals surface area contributed by atoms with Crippen LogP contribution in [0.25, 0.3) is 0 Å². The molecule has 158 valence electrons. The van der Waals surface area contributed by atoms with Crippen LogP contribution in [0.15, 0.2) is 54.6 Å². The van der Waals surface area contributed by atoms with Crippen molar-refractivity contribution in [1.82, 2.24) is 4.90 Å². The number of para-hydroxylation sites is 1. The molecule has 0 saturated carbocycles. The average molecular weight is 410 g/mol. The van der Waals surface area contributed by atoms with E-state index in [1.165, 1.54) is 0 Å². The molecule has 8 heteroatoms. The Morgan fingerprint density at radius 1 is 0.933 bits per heavy atom. The molecule has 1 saturated heterocycles. The third-order valence-electron chi connectivity index (χ3n) is 4.97. The van der Waals surface area contributed by atoms with Gasteiger partial charge in [-0.2, -0.15) is 0 Å². The Morgan fingerprint density at radius 3 is 2.13 bits per heavy atom. The lowest BCUT2D eigenvalue weighted by Crippen LogP contribution is -2.41. The van der Waals surface area contributed by atoms with Gasteiger partial charge < -0.3 is 26.0 Å². The van der Waals surface area contributed by atoms with Crippen molar-refractivity contribution in [2.24, 2.45) is 11.7 Å². The highest BCUT2D eigenvalue weighted by Crippen LogP contribution is 2.21. The summed E-state index contributed by atoms with van der Waals surface area (Å²) in [7, 11) is 0. The van der Waals surface area contributed by atoms with E-state index in [0.717, 1.165) is 5.75 Å². The predicted molar refractivity (Wildman–Crippen MR) is 114 cm³/mol. The van der Waals surface area contributed by atoms with Crippen molar-refractivity contribution in [3.63, 3.8) is 0 Å². The van der Waals surface area contributed by atoms with Crippen molar-refractivity contribution >= 4 is 29.2 Å². The second-order valence-corrected chi connectivity index (χ2v) is 7.12. The van der Waals surface area contributed by atoms with Crippen LogP contribution in [-0.2, 0) is 9.59 Å². The summed E-state index contributed by atoms with van der Waals surface area (Å²) in [5.74, 6) is 0.588. The van der Waals surface area contributed by atoms with Crippen LogP contribution in [0.3, 0.4) is 0 Å². The van der Waals surface area contributed by atoms with Crippen LogP contribution < -0.4 is 21.1 Å². The minimum atomic E-state index is -0.639. The van der Waals surface area contributed by atoms with Gasteiger partial charge in [0, 0.05) is 30.4 Å². The summed E-state index contributed by atoms with van der Waals surface area (Å²) in [6.07, 6.45) is 1.56. The van der Waals surface area contributed by atoms with E-state index in [2.05, 4.69) is 10.6 Å². The topological polar surface area (TPSA) is 114 Å². The van der Waals surface area contributed by atoms with Crippen molar-refractivity contribution in [1.29, 1.82) is 0 Å². The Morgan fingerprint density at radius 2 is 1.53 bits per heavy atom. The van der Waals surface area contributed by atoms with Gasteiger partial charge in [0.15, 0.2) is 0 Å². The first-order valence-corrected chi connectivity index (χ1v) is 9.94. The van der Waals surface area contributed by atoms with Crippen molar-refractivity contribution < 1.29 is 19.1 Å². The zero-order valence-electron chi connectivity index (χ0n) is 16.7. The number of ether oxygens (including phenoxy) is 1. The third-order valence-corrected chi connectivity index (χ3v) is 4.97. The molecule has 1 fully saturated rings. The average Bonchev–Trinajstić information content (AvgIpc) is 2.75. The highest BCUT2D eigenvalue weighted by atomic mass is 16.5. The van der Waals surface area contributed by atoms with Crippen molar-refractivity contribution in [3.05, 3.63) is 54.6 Å². The number of benzene rings is 2. The summed E-state index contributed by atoms with van der Waals surface area (Å²) in [5.41, 5.74) is 6.28. The summed E-state index contributed by atoms with van der Waals surface area (Å²) in [6, 6.07) is 15.5. The Bertz CT molecular complexity index is 862. The van der Waals surface area contributed by atoms with Gasteiger partial charge in [0.25, 0.3) is 0 Å². The number of piperidine rings is 1. The van der Waals surface area contributed by atoms with Crippen LogP contribution >= 0.6 is 0 Å². The molecule has 30 heavy (non-hydrogen) atoms. The first-order valence-electron chi connectivity index (χ1n) is 9.94. The van der Waals surface area contributed by atoms with E-state index in [0.29, 0.717) is 50.3 Å². The molecule has 0 spiro atoms. The molecule has 8 nitrogen and oxygen atoms in total. The molecule has 2 aromatic rings. The maximum atomic E-state index is 12.5. The van der Waals surface area contributed by atoms with Crippen molar-refractivity contribution in [2.45, 2.75) is 19.3 Å². The highest BCUT2D eigenvalue weighted by Gasteiger charge is 2.27. The number of anilines is 2. The fourth-order valence-electron chi connectivity index (χ4n) is 3.35. The first-order chi connectivity index (χ1) is 14.5. The zero-order chi connectivity index (χ0) is 21.3. The van der Waals surface area contributed by atoms with Crippen LogP contribution in [0.1, 0.15) is 19.3 Å². The maximum Gasteiger partial charge on any atom is 0.316 e. The van der Waals surface area contributed by atoms with Crippen LogP contribution in [0.5, 0.6) is 5.75 Å². The third kappa shape index (κ3) is 6.23. The van der Waals surface area contributed by atoms with Gasteiger partial charge in [-0.05, 0) is 49.2 Å². The molecule has 1 aliphatic rings. The minimum Gasteiger partial charge on any atom is -0.493 e. The van der Waals surface area contributed by atoms with E-state index < -0.39 is 6.03 Å². The number of urea groups is 1. The molecule has 0 bridgehead atoms. The molecule has 2 aromatic carbocycles. The number of primary amides is 1. The second-order valence-electron chi connectivity index (χ2n) is 7.12.